The number of aromatic nitrogens is 2. The first kappa shape index (κ1) is 16.0. The Hall–Kier alpha value is -1.41. The minimum absolute atomic E-state index is 0.00968. The Bertz CT molecular complexity index is 630. The molecule has 1 atom stereocenters. The number of hydrogen-bond donors (Lipinski definition) is 1. The van der Waals surface area contributed by atoms with E-state index in [4.69, 9.17) is 4.74 Å². The van der Waals surface area contributed by atoms with Gasteiger partial charge in [-0.15, -0.1) is 0 Å². The van der Waals surface area contributed by atoms with E-state index in [1.807, 2.05) is 0 Å². The van der Waals surface area contributed by atoms with Crippen LogP contribution >= 0.6 is 0 Å². The zero-order valence-corrected chi connectivity index (χ0v) is 13.5. The van der Waals surface area contributed by atoms with Gasteiger partial charge in [-0.2, -0.15) is 4.31 Å². The zero-order chi connectivity index (χ0) is 15.8. The van der Waals surface area contributed by atoms with E-state index >= 15 is 0 Å². The molecule has 0 spiro atoms. The summed E-state index contributed by atoms with van der Waals surface area (Å²) >= 11 is 0. The largest absolute Gasteiger partial charge is 0.459 e. The molecular formula is C13H21N3O4S. The molecule has 0 aliphatic carbocycles. The average Bonchev–Trinajstić information content (AvgIpc) is 2.94. The van der Waals surface area contributed by atoms with Crippen LogP contribution in [0.5, 0.6) is 0 Å². The molecule has 1 fully saturated rings. The number of nitrogens with zero attached hydrogens (tertiary/aromatic N) is 2. The van der Waals surface area contributed by atoms with E-state index < -0.39 is 27.6 Å². The second kappa shape index (κ2) is 5.42. The lowest BCUT2D eigenvalue weighted by atomic mass is 10.2. The molecule has 0 radical (unpaired) electrons. The molecule has 0 saturated carbocycles. The predicted molar refractivity (Wildman–Crippen MR) is 76.1 cm³/mol. The van der Waals surface area contributed by atoms with Crippen molar-refractivity contribution < 1.29 is 17.9 Å². The fourth-order valence-corrected chi connectivity index (χ4v) is 3.90. The number of rotatable bonds is 3. The lowest BCUT2D eigenvalue weighted by molar-refractivity contribution is -0.158. The van der Waals surface area contributed by atoms with Gasteiger partial charge in [0, 0.05) is 6.54 Å². The molecule has 118 valence electrons. The van der Waals surface area contributed by atoms with Crippen LogP contribution in [0.2, 0.25) is 0 Å². The fourth-order valence-electron chi connectivity index (χ4n) is 2.29. The first-order valence-corrected chi connectivity index (χ1v) is 8.31. The van der Waals surface area contributed by atoms with Gasteiger partial charge in [-0.05, 0) is 40.5 Å². The molecule has 21 heavy (non-hydrogen) atoms. The zero-order valence-electron chi connectivity index (χ0n) is 12.7. The van der Waals surface area contributed by atoms with Gasteiger partial charge >= 0.3 is 5.97 Å². The maximum absolute atomic E-state index is 12.6. The van der Waals surface area contributed by atoms with Gasteiger partial charge in [-0.3, -0.25) is 4.79 Å². The van der Waals surface area contributed by atoms with E-state index in [1.165, 1.54) is 10.5 Å². The second-order valence-corrected chi connectivity index (χ2v) is 8.00. The van der Waals surface area contributed by atoms with E-state index in [0.717, 1.165) is 0 Å². The minimum Gasteiger partial charge on any atom is -0.459 e. The van der Waals surface area contributed by atoms with Gasteiger partial charge in [0.25, 0.3) is 10.0 Å². The number of ether oxygens (including phenoxy) is 1. The van der Waals surface area contributed by atoms with Gasteiger partial charge in [0.1, 0.15) is 17.5 Å². The summed E-state index contributed by atoms with van der Waals surface area (Å²) in [6, 6.07) is -0.766. The highest BCUT2D eigenvalue weighted by Crippen LogP contribution is 2.27. The van der Waals surface area contributed by atoms with Crippen LogP contribution in [-0.2, 0) is 19.6 Å². The van der Waals surface area contributed by atoms with E-state index in [2.05, 4.69) is 9.97 Å². The Morgan fingerprint density at radius 1 is 1.48 bits per heavy atom. The van der Waals surface area contributed by atoms with E-state index in [1.54, 1.807) is 27.7 Å². The number of hydrogen-bond acceptors (Lipinski definition) is 5. The molecule has 0 unspecified atom stereocenters. The monoisotopic (exact) mass is 315 g/mol. The van der Waals surface area contributed by atoms with Crippen LogP contribution in [0.25, 0.3) is 0 Å². The summed E-state index contributed by atoms with van der Waals surface area (Å²) in [4.78, 5) is 18.8. The van der Waals surface area contributed by atoms with Crippen LogP contribution in [0.3, 0.4) is 0 Å². The number of sulfonamides is 1. The van der Waals surface area contributed by atoms with Crippen LogP contribution in [0.4, 0.5) is 0 Å². The predicted octanol–water partition coefficient (Wildman–Crippen LogP) is 1.21. The Morgan fingerprint density at radius 2 is 2.14 bits per heavy atom. The molecule has 1 aliphatic heterocycles. The van der Waals surface area contributed by atoms with Gasteiger partial charge in [-0.1, -0.05) is 0 Å². The van der Waals surface area contributed by atoms with Crippen molar-refractivity contribution in [3.8, 4) is 0 Å². The first-order chi connectivity index (χ1) is 9.61. The number of carbonyl (C=O) groups is 1. The molecule has 1 aliphatic rings. The molecule has 1 aromatic heterocycles. The molecule has 1 N–H and O–H groups in total. The van der Waals surface area contributed by atoms with Crippen molar-refractivity contribution in [2.24, 2.45) is 0 Å². The molecule has 2 heterocycles. The Kier molecular flexibility index (Phi) is 4.12. The molecular weight excluding hydrogens is 294 g/mol. The molecule has 0 bridgehead atoms. The van der Waals surface area contributed by atoms with Crippen molar-refractivity contribution in [2.75, 3.05) is 6.54 Å². The molecule has 0 amide bonds. The van der Waals surface area contributed by atoms with E-state index in [-0.39, 0.29) is 5.03 Å². The third-order valence-electron chi connectivity index (χ3n) is 3.15. The third kappa shape index (κ3) is 3.44. The Morgan fingerprint density at radius 3 is 2.67 bits per heavy atom. The summed E-state index contributed by atoms with van der Waals surface area (Å²) in [6.45, 7) is 7.27. The smallest absolute Gasteiger partial charge is 0.324 e. The van der Waals surface area contributed by atoms with Gasteiger partial charge in [-0.25, -0.2) is 13.4 Å². The van der Waals surface area contributed by atoms with Crippen molar-refractivity contribution in [3.05, 3.63) is 12.0 Å². The second-order valence-electron chi connectivity index (χ2n) is 6.14. The summed E-state index contributed by atoms with van der Waals surface area (Å²) in [6.07, 6.45) is 2.38. The van der Waals surface area contributed by atoms with Crippen molar-refractivity contribution in [3.63, 3.8) is 0 Å². The van der Waals surface area contributed by atoms with Crippen LogP contribution < -0.4 is 0 Å². The highest BCUT2D eigenvalue weighted by atomic mass is 32.2. The normalized spacial score (nSPS) is 20.7. The van der Waals surface area contributed by atoms with Crippen molar-refractivity contribution in [2.45, 2.75) is 57.2 Å². The summed E-state index contributed by atoms with van der Waals surface area (Å²) < 4.78 is 31.7. The average molecular weight is 315 g/mol. The molecule has 8 heteroatoms. The number of esters is 1. The molecule has 2 rings (SSSR count). The molecule has 0 aromatic carbocycles. The Labute approximate surface area is 124 Å². The first-order valence-electron chi connectivity index (χ1n) is 6.87. The number of carbonyl (C=O) groups excluding carboxylic acids is 1. The summed E-state index contributed by atoms with van der Waals surface area (Å²) in [5, 5.41) is 0.00968. The fraction of sp³-hybridized carbons (Fsp3) is 0.692. The summed E-state index contributed by atoms with van der Waals surface area (Å²) in [5.74, 6) is 0.0152. The number of aryl methyl sites for hydroxylation is 1. The van der Waals surface area contributed by atoms with Crippen LogP contribution in [0.1, 0.15) is 39.4 Å². The maximum atomic E-state index is 12.6. The molecule has 1 saturated heterocycles. The highest BCUT2D eigenvalue weighted by Gasteiger charge is 2.42. The third-order valence-corrected chi connectivity index (χ3v) is 4.97. The Balaban J connectivity index is 2.24. The van der Waals surface area contributed by atoms with Crippen molar-refractivity contribution in [1.82, 2.24) is 14.3 Å². The minimum atomic E-state index is -3.75. The standard InChI is InChI=1S/C13H21N3O4S/c1-9-14-8-11(15-9)21(18,19)16-7-5-6-10(16)12(17)20-13(2,3)4/h8,10H,5-7H2,1-4H3,(H,14,15)/t10-/m0/s1. The highest BCUT2D eigenvalue weighted by molar-refractivity contribution is 7.89. The van der Waals surface area contributed by atoms with Crippen LogP contribution in [0.15, 0.2) is 11.2 Å². The van der Waals surface area contributed by atoms with Gasteiger partial charge in [0.05, 0.1) is 6.20 Å². The number of nitrogens with one attached hydrogen (secondary N) is 1. The lowest BCUT2D eigenvalue weighted by Gasteiger charge is -2.26. The maximum Gasteiger partial charge on any atom is 0.324 e. The summed E-state index contributed by atoms with van der Waals surface area (Å²) in [5.41, 5.74) is -0.639. The topological polar surface area (TPSA) is 92.4 Å². The summed E-state index contributed by atoms with van der Waals surface area (Å²) in [7, 11) is -3.75. The number of H-pyrrole nitrogens is 1. The number of aromatic amines is 1. The molecule has 7 nitrogen and oxygen atoms in total. The quantitative estimate of drug-likeness (QED) is 0.846. The SMILES string of the molecule is Cc1ncc(S(=O)(=O)N2CCC[C@H]2C(=O)OC(C)(C)C)[nH]1. The van der Waals surface area contributed by atoms with Gasteiger partial charge in [0.15, 0.2) is 5.03 Å². The van der Waals surface area contributed by atoms with Crippen molar-refractivity contribution >= 4 is 16.0 Å². The van der Waals surface area contributed by atoms with Crippen LogP contribution in [0, 0.1) is 6.92 Å². The van der Waals surface area contributed by atoms with Gasteiger partial charge in [0.2, 0.25) is 0 Å². The van der Waals surface area contributed by atoms with Crippen LogP contribution in [-0.4, -0.2) is 46.8 Å². The lowest BCUT2D eigenvalue weighted by Crippen LogP contribution is -2.43. The van der Waals surface area contributed by atoms with Crippen molar-refractivity contribution in [1.29, 1.82) is 0 Å². The van der Waals surface area contributed by atoms with E-state index in [9.17, 15) is 13.2 Å². The van der Waals surface area contributed by atoms with Gasteiger partial charge < -0.3 is 9.72 Å². The number of imidazole rings is 1. The van der Waals surface area contributed by atoms with E-state index in [0.29, 0.717) is 25.2 Å². The molecule has 1 aromatic rings.